The molecule has 0 aliphatic heterocycles. The van der Waals surface area contributed by atoms with E-state index in [0.29, 0.717) is 0 Å². The molecule has 0 aliphatic carbocycles. The zero-order valence-corrected chi connectivity index (χ0v) is 10.1. The predicted molar refractivity (Wildman–Crippen MR) is 60.1 cm³/mol. The first-order chi connectivity index (χ1) is 5.31. The summed E-state index contributed by atoms with van der Waals surface area (Å²) in [5.41, 5.74) is 0. The lowest BCUT2D eigenvalue weighted by Gasteiger charge is -1.96. The van der Waals surface area contributed by atoms with Gasteiger partial charge in [-0.1, -0.05) is 56.2 Å². The smallest absolute Gasteiger partial charge is 0.0550 e. The molecule has 0 saturated heterocycles. The van der Waals surface area contributed by atoms with Gasteiger partial charge in [0.15, 0.2) is 0 Å². The molecule has 0 amide bonds. The second kappa shape index (κ2) is 8.82. The Labute approximate surface area is 90.0 Å². The van der Waals surface area contributed by atoms with Gasteiger partial charge in [0, 0.05) is 10.7 Å². The molecule has 0 aromatic carbocycles. The van der Waals surface area contributed by atoms with Gasteiger partial charge < -0.3 is 0 Å². The summed E-state index contributed by atoms with van der Waals surface area (Å²) in [6.45, 7) is 0. The van der Waals surface area contributed by atoms with E-state index in [-0.39, 0.29) is 5.38 Å². The maximum absolute atomic E-state index is 5.92. The Morgan fingerprint density at radius 2 is 1.73 bits per heavy atom. The maximum atomic E-state index is 5.92. The average Bonchev–Trinajstić information content (AvgIpc) is 2.01. The lowest BCUT2D eigenvalue weighted by Crippen LogP contribution is -1.89. The van der Waals surface area contributed by atoms with Gasteiger partial charge in [-0.15, -0.1) is 11.6 Å². The summed E-state index contributed by atoms with van der Waals surface area (Å²) in [4.78, 5) is 0. The first-order valence-corrected chi connectivity index (χ1v) is 6.07. The topological polar surface area (TPSA) is 0 Å². The molecule has 1 unspecified atom stereocenters. The summed E-state index contributed by atoms with van der Waals surface area (Å²) >= 11 is 12.5. The van der Waals surface area contributed by atoms with Gasteiger partial charge in [0.2, 0.25) is 0 Å². The minimum Gasteiger partial charge on any atom is -0.118 e. The molecule has 0 rings (SSSR count). The molecule has 0 saturated carbocycles. The van der Waals surface area contributed by atoms with Crippen LogP contribution in [0.15, 0.2) is 24.3 Å². The fourth-order valence-electron chi connectivity index (χ4n) is 0.567. The molecule has 0 fully saturated rings. The van der Waals surface area contributed by atoms with Crippen molar-refractivity contribution < 1.29 is 0 Å². The van der Waals surface area contributed by atoms with Crippen LogP contribution in [0.3, 0.4) is 0 Å². The third-order valence-corrected chi connectivity index (χ3v) is 2.12. The molecule has 64 valence electrons. The standard InChI is InChI=1S/C8H11Br2Cl/c9-6-2-1-4-8(11)5-3-7-10/h1-3,5,8H,4,6-7H2. The number of rotatable bonds is 5. The van der Waals surface area contributed by atoms with Gasteiger partial charge in [0.05, 0.1) is 5.38 Å². The van der Waals surface area contributed by atoms with E-state index in [0.717, 1.165) is 17.1 Å². The Hall–Kier alpha value is 0.730. The van der Waals surface area contributed by atoms with Crippen molar-refractivity contribution in [3.05, 3.63) is 24.3 Å². The molecule has 11 heavy (non-hydrogen) atoms. The molecule has 0 aromatic rings. The van der Waals surface area contributed by atoms with Crippen molar-refractivity contribution in [2.24, 2.45) is 0 Å². The third kappa shape index (κ3) is 8.64. The fourth-order valence-corrected chi connectivity index (χ4v) is 1.25. The van der Waals surface area contributed by atoms with Crippen LogP contribution in [0.2, 0.25) is 0 Å². The van der Waals surface area contributed by atoms with Crippen molar-refractivity contribution in [1.82, 2.24) is 0 Å². The van der Waals surface area contributed by atoms with Crippen LogP contribution < -0.4 is 0 Å². The molecule has 0 aromatic heterocycles. The number of hydrogen-bond donors (Lipinski definition) is 0. The van der Waals surface area contributed by atoms with Gasteiger partial charge in [-0.3, -0.25) is 0 Å². The van der Waals surface area contributed by atoms with E-state index in [2.05, 4.69) is 44.0 Å². The fraction of sp³-hybridized carbons (Fsp3) is 0.500. The molecule has 0 N–H and O–H groups in total. The van der Waals surface area contributed by atoms with Crippen molar-refractivity contribution >= 4 is 43.5 Å². The highest BCUT2D eigenvalue weighted by Gasteiger charge is 1.93. The Bertz CT molecular complexity index is 132. The van der Waals surface area contributed by atoms with Crippen LogP contribution in [0.4, 0.5) is 0 Å². The van der Waals surface area contributed by atoms with E-state index >= 15 is 0 Å². The summed E-state index contributed by atoms with van der Waals surface area (Å²) in [7, 11) is 0. The summed E-state index contributed by atoms with van der Waals surface area (Å²) in [5, 5.41) is 1.90. The normalized spacial score (nSPS) is 14.8. The Morgan fingerprint density at radius 1 is 1.09 bits per heavy atom. The van der Waals surface area contributed by atoms with Crippen LogP contribution in [0, 0.1) is 0 Å². The molecule has 0 radical (unpaired) electrons. The largest absolute Gasteiger partial charge is 0.118 e. The SMILES string of the molecule is ClC(C=CCBr)CC=CCBr. The van der Waals surface area contributed by atoms with E-state index in [4.69, 9.17) is 11.6 Å². The van der Waals surface area contributed by atoms with Crippen LogP contribution >= 0.6 is 43.5 Å². The Kier molecular flexibility index (Phi) is 9.41. The van der Waals surface area contributed by atoms with Crippen LogP contribution in [0.5, 0.6) is 0 Å². The van der Waals surface area contributed by atoms with Crippen LogP contribution in [0.1, 0.15) is 6.42 Å². The van der Waals surface area contributed by atoms with Gasteiger partial charge in [-0.25, -0.2) is 0 Å². The minimum atomic E-state index is 0.128. The molecular formula is C8H11Br2Cl. The second-order valence-electron chi connectivity index (χ2n) is 1.96. The molecule has 0 nitrogen and oxygen atoms in total. The van der Waals surface area contributed by atoms with Crippen molar-refractivity contribution in [3.8, 4) is 0 Å². The lowest BCUT2D eigenvalue weighted by atomic mass is 10.2. The Morgan fingerprint density at radius 3 is 2.27 bits per heavy atom. The summed E-state index contributed by atoms with van der Waals surface area (Å²) < 4.78 is 0. The molecule has 0 spiro atoms. The van der Waals surface area contributed by atoms with Crippen molar-refractivity contribution in [2.75, 3.05) is 10.7 Å². The van der Waals surface area contributed by atoms with Crippen LogP contribution in [-0.2, 0) is 0 Å². The van der Waals surface area contributed by atoms with Gasteiger partial charge in [0.1, 0.15) is 0 Å². The predicted octanol–water partition coefficient (Wildman–Crippen LogP) is 3.89. The minimum absolute atomic E-state index is 0.128. The molecule has 1 atom stereocenters. The van der Waals surface area contributed by atoms with Crippen molar-refractivity contribution in [1.29, 1.82) is 0 Å². The highest BCUT2D eigenvalue weighted by Crippen LogP contribution is 2.05. The highest BCUT2D eigenvalue weighted by atomic mass is 79.9. The van der Waals surface area contributed by atoms with Crippen molar-refractivity contribution in [2.45, 2.75) is 11.8 Å². The highest BCUT2D eigenvalue weighted by molar-refractivity contribution is 9.09. The summed E-state index contributed by atoms with van der Waals surface area (Å²) in [5.74, 6) is 0. The molecular weight excluding hydrogens is 291 g/mol. The first-order valence-electron chi connectivity index (χ1n) is 3.39. The number of halogens is 3. The number of hydrogen-bond acceptors (Lipinski definition) is 0. The van der Waals surface area contributed by atoms with Crippen LogP contribution in [-0.4, -0.2) is 16.0 Å². The van der Waals surface area contributed by atoms with Crippen molar-refractivity contribution in [3.63, 3.8) is 0 Å². The Balaban J connectivity index is 3.43. The first kappa shape index (κ1) is 11.7. The monoisotopic (exact) mass is 300 g/mol. The molecule has 0 heterocycles. The van der Waals surface area contributed by atoms with E-state index in [9.17, 15) is 0 Å². The van der Waals surface area contributed by atoms with E-state index in [1.807, 2.05) is 12.2 Å². The molecule has 3 heteroatoms. The van der Waals surface area contributed by atoms with Gasteiger partial charge in [0.25, 0.3) is 0 Å². The van der Waals surface area contributed by atoms with E-state index < -0.39 is 0 Å². The lowest BCUT2D eigenvalue weighted by molar-refractivity contribution is 1.06. The zero-order valence-electron chi connectivity index (χ0n) is 6.14. The zero-order chi connectivity index (χ0) is 8.53. The second-order valence-corrected chi connectivity index (χ2v) is 3.82. The number of allylic oxidation sites excluding steroid dienone is 4. The molecule has 0 bridgehead atoms. The summed E-state index contributed by atoms with van der Waals surface area (Å²) in [6.07, 6.45) is 9.04. The summed E-state index contributed by atoms with van der Waals surface area (Å²) in [6, 6.07) is 0. The van der Waals surface area contributed by atoms with E-state index in [1.165, 1.54) is 0 Å². The van der Waals surface area contributed by atoms with Crippen LogP contribution in [0.25, 0.3) is 0 Å². The van der Waals surface area contributed by atoms with Gasteiger partial charge >= 0.3 is 0 Å². The van der Waals surface area contributed by atoms with Gasteiger partial charge in [-0.05, 0) is 6.42 Å². The van der Waals surface area contributed by atoms with E-state index in [1.54, 1.807) is 0 Å². The van der Waals surface area contributed by atoms with Gasteiger partial charge in [-0.2, -0.15) is 0 Å². The average molecular weight is 302 g/mol. The molecule has 0 aliphatic rings. The maximum Gasteiger partial charge on any atom is 0.0550 e. The third-order valence-electron chi connectivity index (χ3n) is 1.05. The quantitative estimate of drug-likeness (QED) is 0.534. The number of alkyl halides is 3.